The number of nitrogens with zero attached hydrogens (tertiary/aromatic N) is 2. The van der Waals surface area contributed by atoms with Gasteiger partial charge in [0.2, 0.25) is 0 Å². The summed E-state index contributed by atoms with van der Waals surface area (Å²) in [5, 5.41) is 20.5. The lowest BCUT2D eigenvalue weighted by Gasteiger charge is -2.04. The van der Waals surface area contributed by atoms with Crippen LogP contribution in [0.15, 0.2) is 64.8 Å². The van der Waals surface area contributed by atoms with Crippen molar-refractivity contribution in [2.24, 2.45) is 10.2 Å². The number of benzene rings is 3. The largest absolute Gasteiger partial charge is 0.505 e. The molecule has 0 aliphatic carbocycles. The van der Waals surface area contributed by atoms with Gasteiger partial charge in [-0.05, 0) is 42.5 Å². The second-order valence-electron chi connectivity index (χ2n) is 5.07. The Bertz CT molecular complexity index is 838. The van der Waals surface area contributed by atoms with Crippen molar-refractivity contribution in [1.29, 1.82) is 0 Å². The second-order valence-corrected chi connectivity index (χ2v) is 5.07. The molecule has 3 heteroatoms. The zero-order valence-corrected chi connectivity index (χ0v) is 12.0. The molecule has 0 spiro atoms. The van der Waals surface area contributed by atoms with Gasteiger partial charge < -0.3 is 5.11 Å². The summed E-state index contributed by atoms with van der Waals surface area (Å²) < 4.78 is 0. The van der Waals surface area contributed by atoms with E-state index in [9.17, 15) is 5.11 Å². The first-order valence-corrected chi connectivity index (χ1v) is 6.85. The van der Waals surface area contributed by atoms with Gasteiger partial charge in [0.15, 0.2) is 5.75 Å². The minimum Gasteiger partial charge on any atom is -0.505 e. The molecule has 3 aromatic carbocycles. The molecule has 0 unspecified atom stereocenters. The van der Waals surface area contributed by atoms with Crippen LogP contribution in [0.25, 0.3) is 10.8 Å². The van der Waals surface area contributed by atoms with Crippen molar-refractivity contribution < 1.29 is 5.11 Å². The fourth-order valence-electron chi connectivity index (χ4n) is 2.28. The monoisotopic (exact) mass is 276 g/mol. The molecule has 0 heterocycles. The number of azo groups is 1. The first kappa shape index (κ1) is 13.3. The lowest BCUT2D eigenvalue weighted by atomic mass is 10.1. The molecule has 3 aromatic rings. The highest BCUT2D eigenvalue weighted by atomic mass is 16.3. The van der Waals surface area contributed by atoms with E-state index in [1.165, 1.54) is 5.56 Å². The molecule has 0 amide bonds. The van der Waals surface area contributed by atoms with Crippen LogP contribution in [0.4, 0.5) is 11.4 Å². The van der Waals surface area contributed by atoms with Crippen LogP contribution in [0.3, 0.4) is 0 Å². The number of phenolic OH excluding ortho intramolecular Hbond substituents is 1. The van der Waals surface area contributed by atoms with E-state index in [2.05, 4.69) is 10.2 Å². The predicted octanol–water partition coefficient (Wildman–Crippen LogP) is 5.58. The quantitative estimate of drug-likeness (QED) is 0.610. The summed E-state index contributed by atoms with van der Waals surface area (Å²) in [5.41, 5.74) is 3.58. The van der Waals surface area contributed by atoms with E-state index in [1.807, 2.05) is 62.4 Å². The third kappa shape index (κ3) is 2.50. The molecule has 0 fully saturated rings. The molecule has 0 radical (unpaired) electrons. The summed E-state index contributed by atoms with van der Waals surface area (Å²) in [6.45, 7) is 4.06. The number of aryl methyl sites for hydroxylation is 1. The van der Waals surface area contributed by atoms with E-state index in [0.717, 1.165) is 22.0 Å². The average Bonchev–Trinajstić information content (AvgIpc) is 2.51. The zero-order valence-electron chi connectivity index (χ0n) is 12.0. The van der Waals surface area contributed by atoms with Crippen LogP contribution in [0, 0.1) is 13.8 Å². The summed E-state index contributed by atoms with van der Waals surface area (Å²) in [4.78, 5) is 0. The standard InChI is InChI=1S/C18H16N2O/c1-12-6-5-9-16(13(12)2)19-20-17-11-10-14-7-3-4-8-15(14)18(17)21/h3-11,21H,1-2H3. The van der Waals surface area contributed by atoms with Crippen LogP contribution < -0.4 is 0 Å². The molecule has 0 saturated carbocycles. The van der Waals surface area contributed by atoms with Crippen molar-refractivity contribution in [3.63, 3.8) is 0 Å². The minimum atomic E-state index is 0.169. The molecule has 0 saturated heterocycles. The molecule has 1 N–H and O–H groups in total. The Morgan fingerprint density at radius 1 is 0.762 bits per heavy atom. The third-order valence-electron chi connectivity index (χ3n) is 3.72. The Morgan fingerprint density at radius 2 is 1.52 bits per heavy atom. The number of rotatable bonds is 2. The van der Waals surface area contributed by atoms with Crippen LogP contribution in [-0.4, -0.2) is 5.11 Å². The summed E-state index contributed by atoms with van der Waals surface area (Å²) in [7, 11) is 0. The number of hydrogen-bond acceptors (Lipinski definition) is 3. The van der Waals surface area contributed by atoms with Crippen LogP contribution in [0.5, 0.6) is 5.75 Å². The van der Waals surface area contributed by atoms with Crippen LogP contribution >= 0.6 is 0 Å². The lowest BCUT2D eigenvalue weighted by Crippen LogP contribution is -1.79. The second kappa shape index (κ2) is 5.37. The zero-order chi connectivity index (χ0) is 14.8. The molecular formula is C18H16N2O. The Kier molecular flexibility index (Phi) is 3.40. The van der Waals surface area contributed by atoms with E-state index in [4.69, 9.17) is 0 Å². The Labute approximate surface area is 123 Å². The Morgan fingerprint density at radius 3 is 2.38 bits per heavy atom. The summed E-state index contributed by atoms with van der Waals surface area (Å²) >= 11 is 0. The van der Waals surface area contributed by atoms with Gasteiger partial charge in [-0.25, -0.2) is 0 Å². The maximum atomic E-state index is 10.3. The van der Waals surface area contributed by atoms with E-state index < -0.39 is 0 Å². The summed E-state index contributed by atoms with van der Waals surface area (Å²) in [6.07, 6.45) is 0. The van der Waals surface area contributed by atoms with Crippen molar-refractivity contribution in [1.82, 2.24) is 0 Å². The molecule has 3 nitrogen and oxygen atoms in total. The maximum Gasteiger partial charge on any atom is 0.150 e. The van der Waals surface area contributed by atoms with Crippen molar-refractivity contribution in [2.75, 3.05) is 0 Å². The highest BCUT2D eigenvalue weighted by molar-refractivity contribution is 5.92. The van der Waals surface area contributed by atoms with Crippen LogP contribution in [0.2, 0.25) is 0 Å². The molecule has 0 atom stereocenters. The molecule has 104 valence electrons. The molecule has 0 aromatic heterocycles. The van der Waals surface area contributed by atoms with Gasteiger partial charge in [-0.2, -0.15) is 5.11 Å². The van der Waals surface area contributed by atoms with Crippen molar-refractivity contribution in [3.05, 3.63) is 65.7 Å². The third-order valence-corrected chi connectivity index (χ3v) is 3.72. The first-order chi connectivity index (χ1) is 10.2. The van der Waals surface area contributed by atoms with Gasteiger partial charge in [0.1, 0.15) is 5.69 Å². The molecule has 0 bridgehead atoms. The van der Waals surface area contributed by atoms with Crippen molar-refractivity contribution >= 4 is 22.1 Å². The fraction of sp³-hybridized carbons (Fsp3) is 0.111. The number of hydrogen-bond donors (Lipinski definition) is 1. The van der Waals surface area contributed by atoms with E-state index in [1.54, 1.807) is 6.07 Å². The van der Waals surface area contributed by atoms with E-state index in [-0.39, 0.29) is 5.75 Å². The average molecular weight is 276 g/mol. The molecular weight excluding hydrogens is 260 g/mol. The predicted molar refractivity (Wildman–Crippen MR) is 85.7 cm³/mol. The van der Waals surface area contributed by atoms with Gasteiger partial charge >= 0.3 is 0 Å². The summed E-state index contributed by atoms with van der Waals surface area (Å²) in [5.74, 6) is 0.169. The number of aromatic hydroxyl groups is 1. The molecule has 21 heavy (non-hydrogen) atoms. The fourth-order valence-corrected chi connectivity index (χ4v) is 2.28. The van der Waals surface area contributed by atoms with Gasteiger partial charge in [-0.3, -0.25) is 0 Å². The Balaban J connectivity index is 2.04. The van der Waals surface area contributed by atoms with Gasteiger partial charge in [0.25, 0.3) is 0 Å². The summed E-state index contributed by atoms with van der Waals surface area (Å²) in [6, 6.07) is 17.3. The van der Waals surface area contributed by atoms with Crippen molar-refractivity contribution in [2.45, 2.75) is 13.8 Å². The van der Waals surface area contributed by atoms with Crippen LogP contribution in [-0.2, 0) is 0 Å². The highest BCUT2D eigenvalue weighted by Crippen LogP contribution is 2.35. The van der Waals surface area contributed by atoms with E-state index in [0.29, 0.717) is 5.69 Å². The molecule has 0 aliphatic heterocycles. The normalized spacial score (nSPS) is 11.3. The minimum absolute atomic E-state index is 0.169. The lowest BCUT2D eigenvalue weighted by molar-refractivity contribution is 0.482. The SMILES string of the molecule is Cc1cccc(N=Nc2ccc3ccccc3c2O)c1C. The Hall–Kier alpha value is -2.68. The number of fused-ring (bicyclic) bond motifs is 1. The maximum absolute atomic E-state index is 10.3. The van der Waals surface area contributed by atoms with Gasteiger partial charge in [-0.15, -0.1) is 5.11 Å². The van der Waals surface area contributed by atoms with Crippen LogP contribution in [0.1, 0.15) is 11.1 Å². The smallest absolute Gasteiger partial charge is 0.150 e. The topological polar surface area (TPSA) is 45.0 Å². The first-order valence-electron chi connectivity index (χ1n) is 6.85. The van der Waals surface area contributed by atoms with Gasteiger partial charge in [0, 0.05) is 5.39 Å². The van der Waals surface area contributed by atoms with E-state index >= 15 is 0 Å². The van der Waals surface area contributed by atoms with Crippen molar-refractivity contribution in [3.8, 4) is 5.75 Å². The number of phenols is 1. The van der Waals surface area contributed by atoms with Gasteiger partial charge in [-0.1, -0.05) is 42.5 Å². The van der Waals surface area contributed by atoms with Gasteiger partial charge in [0.05, 0.1) is 5.69 Å². The molecule has 3 rings (SSSR count). The highest BCUT2D eigenvalue weighted by Gasteiger charge is 2.05. The molecule has 0 aliphatic rings.